The van der Waals surface area contributed by atoms with Crippen LogP contribution in [0, 0.1) is 0 Å². The summed E-state index contributed by atoms with van der Waals surface area (Å²) in [7, 11) is -3.72. The fourth-order valence-electron chi connectivity index (χ4n) is 2.24. The predicted octanol–water partition coefficient (Wildman–Crippen LogP) is 2.98. The maximum Gasteiger partial charge on any atom is 0.471 e. The lowest BCUT2D eigenvalue weighted by molar-refractivity contribution is -0.159. The minimum absolute atomic E-state index is 0.00527. The Labute approximate surface area is 137 Å². The van der Waals surface area contributed by atoms with E-state index in [0.29, 0.717) is 10.8 Å². The summed E-state index contributed by atoms with van der Waals surface area (Å²) in [6.07, 6.45) is -4.40. The van der Waals surface area contributed by atoms with E-state index in [1.54, 1.807) is 0 Å². The molecule has 0 saturated carbocycles. The van der Waals surface area contributed by atoms with Crippen LogP contribution in [0.25, 0.3) is 0 Å². The van der Waals surface area contributed by atoms with Crippen LogP contribution < -0.4 is 0 Å². The van der Waals surface area contributed by atoms with E-state index in [1.165, 1.54) is 16.4 Å². The Kier molecular flexibility index (Phi) is 4.15. The van der Waals surface area contributed by atoms with Crippen LogP contribution in [0.15, 0.2) is 20.9 Å². The van der Waals surface area contributed by atoms with E-state index in [0.717, 1.165) is 11.3 Å². The Morgan fingerprint density at radius 2 is 2.13 bits per heavy atom. The van der Waals surface area contributed by atoms with Crippen molar-refractivity contribution in [3.8, 4) is 0 Å². The van der Waals surface area contributed by atoms with Gasteiger partial charge >= 0.3 is 12.1 Å². The van der Waals surface area contributed by atoms with Crippen molar-refractivity contribution < 1.29 is 26.1 Å². The molecule has 0 aromatic carbocycles. The smallest absolute Gasteiger partial charge is 0.329 e. The number of halogens is 4. The highest BCUT2D eigenvalue weighted by molar-refractivity contribution is 7.91. The van der Waals surface area contributed by atoms with Crippen molar-refractivity contribution >= 4 is 33.0 Å². The molecule has 3 rings (SSSR count). The van der Waals surface area contributed by atoms with Gasteiger partial charge in [0.15, 0.2) is 5.82 Å². The summed E-state index contributed by atoms with van der Waals surface area (Å²) in [6, 6.07) is 2.87. The Morgan fingerprint density at radius 1 is 1.39 bits per heavy atom. The molecule has 0 spiro atoms. The molecule has 1 fully saturated rings. The minimum atomic E-state index is -4.72. The highest BCUT2D eigenvalue weighted by Gasteiger charge is 2.41. The van der Waals surface area contributed by atoms with Crippen LogP contribution in [0.4, 0.5) is 13.2 Å². The molecular weight excluding hydrogens is 379 g/mol. The second-order valence-electron chi connectivity index (χ2n) is 4.86. The van der Waals surface area contributed by atoms with E-state index in [4.69, 9.17) is 11.6 Å². The van der Waals surface area contributed by atoms with Crippen molar-refractivity contribution in [1.29, 1.82) is 0 Å². The quantitative estimate of drug-likeness (QED) is 0.809. The molecular formula is C11H9ClF3N3O3S2. The second kappa shape index (κ2) is 5.72. The van der Waals surface area contributed by atoms with E-state index >= 15 is 0 Å². The third kappa shape index (κ3) is 3.23. The molecule has 1 saturated heterocycles. The van der Waals surface area contributed by atoms with E-state index in [9.17, 15) is 21.6 Å². The molecule has 1 atom stereocenters. The van der Waals surface area contributed by atoms with E-state index < -0.39 is 28.0 Å². The zero-order chi connectivity index (χ0) is 16.8. The van der Waals surface area contributed by atoms with Gasteiger partial charge in [-0.25, -0.2) is 8.42 Å². The lowest BCUT2D eigenvalue weighted by atomic mass is 10.1. The van der Waals surface area contributed by atoms with Crippen molar-refractivity contribution in [3.05, 3.63) is 28.2 Å². The Bertz CT molecular complexity index is 818. The van der Waals surface area contributed by atoms with Gasteiger partial charge in [-0.05, 0) is 18.6 Å². The molecule has 0 N–H and O–H groups in total. The number of rotatable bonds is 3. The average molecular weight is 388 g/mol. The Hall–Kier alpha value is -1.17. The monoisotopic (exact) mass is 387 g/mol. The number of hydrogen-bond acceptors (Lipinski definition) is 6. The fourth-order valence-corrected chi connectivity index (χ4v) is 5.37. The second-order valence-corrected chi connectivity index (χ2v) is 8.74. The van der Waals surface area contributed by atoms with Crippen LogP contribution in [0.5, 0.6) is 0 Å². The van der Waals surface area contributed by atoms with Crippen molar-refractivity contribution in [2.75, 3.05) is 13.1 Å². The Balaban J connectivity index is 1.77. The van der Waals surface area contributed by atoms with E-state index in [-0.39, 0.29) is 23.1 Å². The number of thiophene rings is 1. The fraction of sp³-hybridized carbons (Fsp3) is 0.455. The van der Waals surface area contributed by atoms with Crippen molar-refractivity contribution in [3.63, 3.8) is 0 Å². The average Bonchev–Trinajstić information content (AvgIpc) is 3.17. The molecule has 126 valence electrons. The summed E-state index contributed by atoms with van der Waals surface area (Å²) >= 11 is 6.66. The molecule has 0 amide bonds. The highest BCUT2D eigenvalue weighted by Crippen LogP contribution is 2.35. The van der Waals surface area contributed by atoms with Crippen LogP contribution in [0.2, 0.25) is 4.34 Å². The minimum Gasteiger partial charge on any atom is -0.329 e. The number of alkyl halides is 3. The lowest BCUT2D eigenvalue weighted by Crippen LogP contribution is -2.28. The number of hydrogen-bond donors (Lipinski definition) is 0. The van der Waals surface area contributed by atoms with E-state index in [2.05, 4.69) is 14.7 Å². The van der Waals surface area contributed by atoms with Gasteiger partial charge in [-0.3, -0.25) is 0 Å². The molecule has 23 heavy (non-hydrogen) atoms. The van der Waals surface area contributed by atoms with Gasteiger partial charge in [0.05, 0.1) is 4.34 Å². The largest absolute Gasteiger partial charge is 0.471 e. The summed E-state index contributed by atoms with van der Waals surface area (Å²) in [5, 5.41) is 3.31. The zero-order valence-corrected chi connectivity index (χ0v) is 13.6. The molecule has 1 aliphatic rings. The molecule has 1 aliphatic heterocycles. The van der Waals surface area contributed by atoms with Crippen LogP contribution in [0.1, 0.15) is 24.1 Å². The summed E-state index contributed by atoms with van der Waals surface area (Å²) in [4.78, 5) is 3.31. The first-order chi connectivity index (χ1) is 10.7. The molecule has 0 radical (unpaired) electrons. The summed E-state index contributed by atoms with van der Waals surface area (Å²) in [5.74, 6) is -2.11. The standard InChI is InChI=1S/C11H9ClF3N3O3S2/c12-7-1-2-8(22-7)23(19,20)18-4-3-6(5-18)9-16-10(21-17-9)11(13,14)15/h1-2,6H,3-5H2/t6-/m0/s1. The molecule has 12 heteroatoms. The van der Waals surface area contributed by atoms with Gasteiger partial charge in [0.2, 0.25) is 0 Å². The van der Waals surface area contributed by atoms with Gasteiger partial charge in [-0.15, -0.1) is 11.3 Å². The van der Waals surface area contributed by atoms with Crippen LogP contribution in [0.3, 0.4) is 0 Å². The molecule has 2 aromatic heterocycles. The summed E-state index contributed by atoms with van der Waals surface area (Å²) < 4.78 is 68.0. The maximum atomic E-state index is 12.5. The number of aromatic nitrogens is 2. The lowest BCUT2D eigenvalue weighted by Gasteiger charge is -2.14. The van der Waals surface area contributed by atoms with Crippen LogP contribution >= 0.6 is 22.9 Å². The molecule has 0 aliphatic carbocycles. The summed E-state index contributed by atoms with van der Waals surface area (Å²) in [5.41, 5.74) is 0. The van der Waals surface area contributed by atoms with Crippen molar-refractivity contribution in [1.82, 2.24) is 14.4 Å². The van der Waals surface area contributed by atoms with Crippen LogP contribution in [-0.4, -0.2) is 36.0 Å². The first kappa shape index (κ1) is 16.7. The van der Waals surface area contributed by atoms with E-state index in [1.807, 2.05) is 0 Å². The zero-order valence-electron chi connectivity index (χ0n) is 11.2. The molecule has 0 unspecified atom stereocenters. The molecule has 0 bridgehead atoms. The number of nitrogens with zero attached hydrogens (tertiary/aromatic N) is 3. The first-order valence-corrected chi connectivity index (χ1v) is 8.97. The van der Waals surface area contributed by atoms with Gasteiger partial charge in [0.1, 0.15) is 4.21 Å². The number of sulfonamides is 1. The first-order valence-electron chi connectivity index (χ1n) is 6.34. The third-order valence-electron chi connectivity index (χ3n) is 3.34. The molecule has 6 nitrogen and oxygen atoms in total. The molecule has 2 aromatic rings. The summed E-state index contributed by atoms with van der Waals surface area (Å²) in [6.45, 7) is 0.160. The normalized spacial score (nSPS) is 20.3. The van der Waals surface area contributed by atoms with Crippen molar-refractivity contribution in [2.45, 2.75) is 22.7 Å². The highest BCUT2D eigenvalue weighted by atomic mass is 35.5. The van der Waals surface area contributed by atoms with Gasteiger partial charge in [-0.2, -0.15) is 22.5 Å². The Morgan fingerprint density at radius 3 is 2.70 bits per heavy atom. The van der Waals surface area contributed by atoms with Gasteiger partial charge in [-0.1, -0.05) is 16.8 Å². The predicted molar refractivity (Wildman–Crippen MR) is 74.7 cm³/mol. The van der Waals surface area contributed by atoms with Crippen molar-refractivity contribution in [2.24, 2.45) is 0 Å². The van der Waals surface area contributed by atoms with Gasteiger partial charge in [0, 0.05) is 19.0 Å². The van der Waals surface area contributed by atoms with Gasteiger partial charge in [0.25, 0.3) is 10.0 Å². The third-order valence-corrected chi connectivity index (χ3v) is 6.91. The SMILES string of the molecule is O=S(=O)(c1ccc(Cl)s1)N1CC[C@H](c2noc(C(F)(F)F)n2)C1. The van der Waals surface area contributed by atoms with Gasteiger partial charge < -0.3 is 4.52 Å². The van der Waals surface area contributed by atoms with Crippen LogP contribution in [-0.2, 0) is 16.2 Å². The topological polar surface area (TPSA) is 76.3 Å². The molecule has 3 heterocycles. The maximum absolute atomic E-state index is 12.5.